The third kappa shape index (κ3) is 1.75. The topological polar surface area (TPSA) is 87.4 Å². The lowest BCUT2D eigenvalue weighted by molar-refractivity contribution is -0.209. The van der Waals surface area contributed by atoms with E-state index < -0.39 is 17.1 Å². The SMILES string of the molecule is CC1=C2C(=O)CCC3(C)C4C(C5CC[C@@]6(CCC(=O)O6)C5(C)C[C@H]4O)[C@H]1C[C@]23C#N. The first-order chi connectivity index (χ1) is 14.1. The molecule has 1 saturated heterocycles. The maximum absolute atomic E-state index is 13.0. The van der Waals surface area contributed by atoms with Gasteiger partial charge >= 0.3 is 5.97 Å². The number of Topliss-reactive ketones (excluding diaryl/α,β-unsaturated/α-hetero) is 1. The minimum atomic E-state index is -0.747. The summed E-state index contributed by atoms with van der Waals surface area (Å²) in [5.74, 6) is 0.825. The maximum Gasteiger partial charge on any atom is 0.306 e. The monoisotopic (exact) mass is 409 g/mol. The average molecular weight is 410 g/mol. The predicted octanol–water partition coefficient (Wildman–Crippen LogP) is 3.70. The number of fused-ring (bicyclic) bond motifs is 7. The van der Waals surface area contributed by atoms with E-state index in [2.05, 4.69) is 26.8 Å². The van der Waals surface area contributed by atoms with Crippen molar-refractivity contribution in [1.82, 2.24) is 0 Å². The molecule has 0 radical (unpaired) electrons. The lowest BCUT2D eigenvalue weighted by atomic mass is 9.39. The second-order valence-electron chi connectivity index (χ2n) is 11.6. The summed E-state index contributed by atoms with van der Waals surface area (Å²) in [5, 5.41) is 22.1. The normalized spacial score (nSPS) is 56.0. The Morgan fingerprint density at radius 3 is 2.53 bits per heavy atom. The molecule has 5 fully saturated rings. The van der Waals surface area contributed by atoms with Crippen LogP contribution in [0.15, 0.2) is 11.1 Å². The van der Waals surface area contributed by atoms with Gasteiger partial charge in [-0.05, 0) is 74.5 Å². The maximum atomic E-state index is 13.0. The number of aliphatic hydroxyl groups is 1. The summed E-state index contributed by atoms with van der Waals surface area (Å²) in [6.45, 7) is 6.50. The number of carbonyl (C=O) groups excluding carboxylic acids is 2. The van der Waals surface area contributed by atoms with Crippen LogP contribution in [0.3, 0.4) is 0 Å². The lowest BCUT2D eigenvalue weighted by Gasteiger charge is -2.64. The van der Waals surface area contributed by atoms with E-state index >= 15 is 0 Å². The Balaban J connectivity index is 1.53. The molecular weight excluding hydrogens is 378 g/mol. The number of rotatable bonds is 0. The molecule has 1 heterocycles. The van der Waals surface area contributed by atoms with Crippen LogP contribution in [-0.2, 0) is 14.3 Å². The van der Waals surface area contributed by atoms with E-state index in [0.29, 0.717) is 31.6 Å². The molecule has 160 valence electrons. The van der Waals surface area contributed by atoms with Gasteiger partial charge in [0.15, 0.2) is 5.78 Å². The first-order valence-corrected chi connectivity index (χ1v) is 11.7. The zero-order valence-electron chi connectivity index (χ0n) is 18.2. The number of aliphatic hydroxyl groups excluding tert-OH is 1. The number of nitriles is 1. The molecule has 5 unspecified atom stereocenters. The zero-order chi connectivity index (χ0) is 21.3. The van der Waals surface area contributed by atoms with Crippen molar-refractivity contribution in [3.05, 3.63) is 11.1 Å². The molecule has 0 aromatic carbocycles. The molecule has 9 atom stereocenters. The summed E-state index contributed by atoms with van der Waals surface area (Å²) in [6, 6.07) is 2.63. The molecule has 5 heteroatoms. The number of nitrogens with zero attached hydrogens (tertiary/aromatic N) is 1. The number of allylic oxidation sites excluding steroid dienone is 2. The quantitative estimate of drug-likeness (QED) is 0.616. The molecule has 4 saturated carbocycles. The van der Waals surface area contributed by atoms with Gasteiger partial charge in [-0.25, -0.2) is 0 Å². The van der Waals surface area contributed by atoms with Gasteiger partial charge in [0.25, 0.3) is 0 Å². The molecule has 1 N–H and O–H groups in total. The first kappa shape index (κ1) is 19.0. The molecule has 30 heavy (non-hydrogen) atoms. The molecule has 6 rings (SSSR count). The molecule has 2 bridgehead atoms. The van der Waals surface area contributed by atoms with E-state index in [4.69, 9.17) is 4.74 Å². The minimum absolute atomic E-state index is 0.0155. The molecular formula is C25H31NO4. The van der Waals surface area contributed by atoms with Gasteiger partial charge in [-0.1, -0.05) is 19.4 Å². The van der Waals surface area contributed by atoms with Crippen LogP contribution in [0.2, 0.25) is 0 Å². The van der Waals surface area contributed by atoms with Crippen molar-refractivity contribution in [2.75, 3.05) is 0 Å². The zero-order valence-corrected chi connectivity index (χ0v) is 18.2. The van der Waals surface area contributed by atoms with Crippen molar-refractivity contribution in [2.45, 2.75) is 83.8 Å². The standard InChI is InChI=1S/C25H31NO4/c1-13-14-10-24(12-26)20(13)16(27)5-7-22(24,2)21-17(28)11-23(3)15(19(14)21)4-8-25(23)9-6-18(29)30-25/h14-15,17,19,21,28H,4-11H2,1-3H3/t14-,15?,17+,19?,21?,22?,23?,24-,25+/m0/s1. The largest absolute Gasteiger partial charge is 0.458 e. The van der Waals surface area contributed by atoms with Crippen LogP contribution >= 0.6 is 0 Å². The van der Waals surface area contributed by atoms with Crippen molar-refractivity contribution in [2.24, 2.45) is 39.9 Å². The van der Waals surface area contributed by atoms with Gasteiger partial charge < -0.3 is 9.84 Å². The van der Waals surface area contributed by atoms with Gasteiger partial charge in [-0.15, -0.1) is 0 Å². The molecule has 0 amide bonds. The molecule has 1 aliphatic heterocycles. The van der Waals surface area contributed by atoms with E-state index in [1.807, 2.05) is 0 Å². The lowest BCUT2D eigenvalue weighted by Crippen LogP contribution is -2.64. The Morgan fingerprint density at radius 1 is 1.10 bits per heavy atom. The number of carbonyl (C=O) groups is 2. The Labute approximate surface area is 177 Å². The first-order valence-electron chi connectivity index (χ1n) is 11.7. The van der Waals surface area contributed by atoms with E-state index in [9.17, 15) is 20.0 Å². The average Bonchev–Trinajstić information content (AvgIpc) is 3.31. The van der Waals surface area contributed by atoms with Gasteiger partial charge in [-0.2, -0.15) is 5.26 Å². The fourth-order valence-electron chi connectivity index (χ4n) is 9.84. The molecule has 1 spiro atoms. The van der Waals surface area contributed by atoms with Gasteiger partial charge in [0.1, 0.15) is 5.60 Å². The van der Waals surface area contributed by atoms with Crippen LogP contribution in [-0.4, -0.2) is 28.6 Å². The highest BCUT2D eigenvalue weighted by atomic mass is 16.6. The molecule has 5 aliphatic carbocycles. The minimum Gasteiger partial charge on any atom is -0.458 e. The smallest absolute Gasteiger partial charge is 0.306 e. The number of hydrogen-bond donors (Lipinski definition) is 1. The molecule has 0 aromatic rings. The molecule has 0 aromatic heterocycles. The Morgan fingerprint density at radius 2 is 1.87 bits per heavy atom. The van der Waals surface area contributed by atoms with Crippen LogP contribution in [0.4, 0.5) is 0 Å². The summed E-state index contributed by atoms with van der Waals surface area (Å²) in [7, 11) is 0. The van der Waals surface area contributed by atoms with Gasteiger partial charge in [0, 0.05) is 23.8 Å². The van der Waals surface area contributed by atoms with Crippen molar-refractivity contribution in [3.8, 4) is 6.07 Å². The Bertz CT molecular complexity index is 963. The van der Waals surface area contributed by atoms with Crippen LogP contribution in [0.1, 0.15) is 72.1 Å². The Kier molecular flexibility index (Phi) is 3.42. The summed E-state index contributed by atoms with van der Waals surface area (Å²) in [6.07, 6.45) is 5.08. The van der Waals surface area contributed by atoms with Crippen LogP contribution < -0.4 is 0 Å². The van der Waals surface area contributed by atoms with E-state index in [1.165, 1.54) is 0 Å². The second-order valence-corrected chi connectivity index (χ2v) is 11.6. The van der Waals surface area contributed by atoms with Crippen molar-refractivity contribution in [3.63, 3.8) is 0 Å². The number of ether oxygens (including phenoxy) is 1. The third-order valence-electron chi connectivity index (χ3n) is 11.1. The van der Waals surface area contributed by atoms with E-state index in [0.717, 1.165) is 36.8 Å². The number of hydrogen-bond acceptors (Lipinski definition) is 5. The van der Waals surface area contributed by atoms with Crippen LogP contribution in [0, 0.1) is 51.2 Å². The highest BCUT2D eigenvalue weighted by molar-refractivity contribution is 6.00. The predicted molar refractivity (Wildman–Crippen MR) is 108 cm³/mol. The number of ketones is 1. The fraction of sp³-hybridized carbons (Fsp3) is 0.800. The van der Waals surface area contributed by atoms with Crippen molar-refractivity contribution < 1.29 is 19.4 Å². The van der Waals surface area contributed by atoms with E-state index in [-0.39, 0.29) is 40.3 Å². The van der Waals surface area contributed by atoms with Crippen molar-refractivity contribution >= 4 is 11.8 Å². The highest BCUT2D eigenvalue weighted by Crippen LogP contribution is 2.77. The highest BCUT2D eigenvalue weighted by Gasteiger charge is 2.76. The molecule has 6 aliphatic rings. The Hall–Kier alpha value is -1.67. The van der Waals surface area contributed by atoms with Crippen LogP contribution in [0.25, 0.3) is 0 Å². The van der Waals surface area contributed by atoms with Crippen LogP contribution in [0.5, 0.6) is 0 Å². The molecule has 5 nitrogen and oxygen atoms in total. The van der Waals surface area contributed by atoms with Crippen molar-refractivity contribution in [1.29, 1.82) is 5.26 Å². The third-order valence-corrected chi connectivity index (χ3v) is 11.1. The summed E-state index contributed by atoms with van der Waals surface area (Å²) < 4.78 is 6.02. The second kappa shape index (κ2) is 5.38. The summed E-state index contributed by atoms with van der Waals surface area (Å²) in [5.41, 5.74) is 0.0769. The fourth-order valence-corrected chi connectivity index (χ4v) is 9.84. The van der Waals surface area contributed by atoms with Gasteiger partial charge in [0.05, 0.1) is 17.6 Å². The van der Waals surface area contributed by atoms with E-state index in [1.54, 1.807) is 0 Å². The summed E-state index contributed by atoms with van der Waals surface area (Å²) in [4.78, 5) is 25.1. The van der Waals surface area contributed by atoms with Gasteiger partial charge in [-0.3, -0.25) is 9.59 Å². The van der Waals surface area contributed by atoms with Gasteiger partial charge in [0.2, 0.25) is 0 Å². The summed E-state index contributed by atoms with van der Waals surface area (Å²) >= 11 is 0. The number of esters is 1.